The lowest BCUT2D eigenvalue weighted by Gasteiger charge is -2.08. The lowest BCUT2D eigenvalue weighted by Crippen LogP contribution is -2.18. The maximum absolute atomic E-state index is 5.87. The lowest BCUT2D eigenvalue weighted by molar-refractivity contribution is 0.383. The largest absolute Gasteiger partial charge is 0.292 e. The first-order chi connectivity index (χ1) is 7.34. The van der Waals surface area contributed by atoms with E-state index in [9.17, 15) is 0 Å². The second-order valence-electron chi connectivity index (χ2n) is 3.80. The fourth-order valence-corrected chi connectivity index (χ4v) is 1.95. The van der Waals surface area contributed by atoms with Gasteiger partial charge in [0.15, 0.2) is 0 Å². The Kier molecular flexibility index (Phi) is 3.66. The molecule has 0 radical (unpaired) electrons. The zero-order chi connectivity index (χ0) is 10.5. The Labute approximate surface area is 96.0 Å². The van der Waals surface area contributed by atoms with Gasteiger partial charge in [-0.25, -0.2) is 0 Å². The average Bonchev–Trinajstić information content (AvgIpc) is 2.71. The molecule has 1 aliphatic heterocycles. The summed E-state index contributed by atoms with van der Waals surface area (Å²) in [7, 11) is 0. The quantitative estimate of drug-likeness (QED) is 0.657. The molecule has 0 atom stereocenters. The SMILES string of the molecule is Clc1cccc(C#CCN2CCCC2)c1. The number of likely N-dealkylation sites (tertiary alicyclic amines) is 1. The van der Waals surface area contributed by atoms with Crippen LogP contribution < -0.4 is 0 Å². The molecule has 0 saturated carbocycles. The second-order valence-corrected chi connectivity index (χ2v) is 4.23. The first-order valence-electron chi connectivity index (χ1n) is 5.31. The van der Waals surface area contributed by atoms with Gasteiger partial charge in [-0.05, 0) is 44.1 Å². The number of nitrogens with zero attached hydrogens (tertiary/aromatic N) is 1. The van der Waals surface area contributed by atoms with E-state index in [2.05, 4.69) is 16.7 Å². The smallest absolute Gasteiger partial charge is 0.0605 e. The highest BCUT2D eigenvalue weighted by Gasteiger charge is 2.08. The molecular weight excluding hydrogens is 206 g/mol. The van der Waals surface area contributed by atoms with Crippen LogP contribution in [0, 0.1) is 11.8 Å². The van der Waals surface area contributed by atoms with Gasteiger partial charge in [0.2, 0.25) is 0 Å². The van der Waals surface area contributed by atoms with Gasteiger partial charge in [-0.1, -0.05) is 29.5 Å². The minimum absolute atomic E-state index is 0.753. The van der Waals surface area contributed by atoms with Gasteiger partial charge < -0.3 is 0 Å². The summed E-state index contributed by atoms with van der Waals surface area (Å²) in [6.07, 6.45) is 2.64. The zero-order valence-electron chi connectivity index (χ0n) is 8.67. The molecule has 0 spiro atoms. The van der Waals surface area contributed by atoms with Gasteiger partial charge >= 0.3 is 0 Å². The Hall–Kier alpha value is -0.970. The number of rotatable bonds is 1. The van der Waals surface area contributed by atoms with Crippen LogP contribution in [-0.4, -0.2) is 24.5 Å². The predicted molar refractivity (Wildman–Crippen MR) is 64.0 cm³/mol. The van der Waals surface area contributed by atoms with E-state index in [-0.39, 0.29) is 0 Å². The molecule has 0 aliphatic carbocycles. The summed E-state index contributed by atoms with van der Waals surface area (Å²) >= 11 is 5.87. The van der Waals surface area contributed by atoms with Crippen LogP contribution >= 0.6 is 11.6 Å². The van der Waals surface area contributed by atoms with Crippen LogP contribution in [0.4, 0.5) is 0 Å². The summed E-state index contributed by atoms with van der Waals surface area (Å²) in [4.78, 5) is 2.39. The van der Waals surface area contributed by atoms with Crippen LogP contribution in [0.5, 0.6) is 0 Å². The van der Waals surface area contributed by atoms with Gasteiger partial charge in [0, 0.05) is 10.6 Å². The number of halogens is 1. The molecule has 1 aromatic carbocycles. The highest BCUT2D eigenvalue weighted by atomic mass is 35.5. The molecule has 1 saturated heterocycles. The Morgan fingerprint density at radius 2 is 2.07 bits per heavy atom. The van der Waals surface area contributed by atoms with Crippen LogP contribution in [0.15, 0.2) is 24.3 Å². The molecule has 0 unspecified atom stereocenters. The van der Waals surface area contributed by atoms with Crippen molar-refractivity contribution in [3.05, 3.63) is 34.9 Å². The fraction of sp³-hybridized carbons (Fsp3) is 0.385. The molecule has 1 heterocycles. The molecule has 1 nitrogen and oxygen atoms in total. The van der Waals surface area contributed by atoms with E-state index in [1.165, 1.54) is 25.9 Å². The van der Waals surface area contributed by atoms with Crippen LogP contribution in [0.1, 0.15) is 18.4 Å². The lowest BCUT2D eigenvalue weighted by atomic mass is 10.2. The van der Waals surface area contributed by atoms with Crippen molar-refractivity contribution in [2.45, 2.75) is 12.8 Å². The van der Waals surface area contributed by atoms with E-state index >= 15 is 0 Å². The summed E-state index contributed by atoms with van der Waals surface area (Å²) < 4.78 is 0. The van der Waals surface area contributed by atoms with Gasteiger partial charge in [-0.2, -0.15) is 0 Å². The Bertz CT molecular complexity index is 383. The summed E-state index contributed by atoms with van der Waals surface area (Å²) in [5.41, 5.74) is 1.00. The molecule has 1 fully saturated rings. The maximum atomic E-state index is 5.87. The van der Waals surface area contributed by atoms with Crippen molar-refractivity contribution in [3.8, 4) is 11.8 Å². The highest BCUT2D eigenvalue weighted by Crippen LogP contribution is 2.09. The van der Waals surface area contributed by atoms with Crippen molar-refractivity contribution in [2.24, 2.45) is 0 Å². The summed E-state index contributed by atoms with van der Waals surface area (Å²) in [5.74, 6) is 6.32. The second kappa shape index (κ2) is 5.21. The van der Waals surface area contributed by atoms with Crippen molar-refractivity contribution in [3.63, 3.8) is 0 Å². The van der Waals surface area contributed by atoms with Crippen LogP contribution in [-0.2, 0) is 0 Å². The molecule has 2 heteroatoms. The fourth-order valence-electron chi connectivity index (χ4n) is 1.76. The molecular formula is C13H14ClN. The molecule has 0 bridgehead atoms. The van der Waals surface area contributed by atoms with E-state index in [4.69, 9.17) is 11.6 Å². The Morgan fingerprint density at radius 3 is 2.80 bits per heavy atom. The summed E-state index contributed by atoms with van der Waals surface area (Å²) in [6.45, 7) is 3.28. The van der Waals surface area contributed by atoms with Crippen molar-refractivity contribution in [2.75, 3.05) is 19.6 Å². The third kappa shape index (κ3) is 3.27. The van der Waals surface area contributed by atoms with Crippen LogP contribution in [0.2, 0.25) is 5.02 Å². The van der Waals surface area contributed by atoms with Gasteiger partial charge in [0.05, 0.1) is 6.54 Å². The minimum Gasteiger partial charge on any atom is -0.292 e. The Balaban J connectivity index is 1.93. The van der Waals surface area contributed by atoms with Crippen molar-refractivity contribution < 1.29 is 0 Å². The van der Waals surface area contributed by atoms with Gasteiger partial charge in [0.25, 0.3) is 0 Å². The molecule has 15 heavy (non-hydrogen) atoms. The topological polar surface area (TPSA) is 3.24 Å². The standard InChI is InChI=1S/C13H14ClN/c14-13-7-3-5-12(11-13)6-4-10-15-8-1-2-9-15/h3,5,7,11H,1-2,8-10H2. The molecule has 0 aromatic heterocycles. The first-order valence-corrected chi connectivity index (χ1v) is 5.69. The Morgan fingerprint density at radius 1 is 1.27 bits per heavy atom. The molecule has 2 rings (SSSR count). The number of hydrogen-bond donors (Lipinski definition) is 0. The highest BCUT2D eigenvalue weighted by molar-refractivity contribution is 6.30. The van der Waals surface area contributed by atoms with Gasteiger partial charge in [0.1, 0.15) is 0 Å². The van der Waals surface area contributed by atoms with Crippen LogP contribution in [0.25, 0.3) is 0 Å². The van der Waals surface area contributed by atoms with Crippen molar-refractivity contribution in [1.29, 1.82) is 0 Å². The van der Waals surface area contributed by atoms with Crippen LogP contribution in [0.3, 0.4) is 0 Å². The minimum atomic E-state index is 0.753. The van der Waals surface area contributed by atoms with Crippen molar-refractivity contribution in [1.82, 2.24) is 4.90 Å². The van der Waals surface area contributed by atoms with E-state index in [0.717, 1.165) is 17.1 Å². The molecule has 1 aromatic rings. The van der Waals surface area contributed by atoms with Gasteiger partial charge in [-0.3, -0.25) is 4.90 Å². The zero-order valence-corrected chi connectivity index (χ0v) is 9.43. The first kappa shape index (κ1) is 10.5. The van der Waals surface area contributed by atoms with Gasteiger partial charge in [-0.15, -0.1) is 0 Å². The van der Waals surface area contributed by atoms with E-state index in [1.54, 1.807) is 0 Å². The molecule has 0 N–H and O–H groups in total. The number of hydrogen-bond acceptors (Lipinski definition) is 1. The number of benzene rings is 1. The van der Waals surface area contributed by atoms with E-state index in [1.807, 2.05) is 24.3 Å². The molecule has 1 aliphatic rings. The van der Waals surface area contributed by atoms with E-state index < -0.39 is 0 Å². The van der Waals surface area contributed by atoms with E-state index in [0.29, 0.717) is 0 Å². The summed E-state index contributed by atoms with van der Waals surface area (Å²) in [5, 5.41) is 0.753. The average molecular weight is 220 g/mol. The summed E-state index contributed by atoms with van der Waals surface area (Å²) in [6, 6.07) is 7.69. The normalized spacial score (nSPS) is 16.1. The van der Waals surface area contributed by atoms with Crippen molar-refractivity contribution >= 4 is 11.6 Å². The third-order valence-corrected chi connectivity index (χ3v) is 2.79. The maximum Gasteiger partial charge on any atom is 0.0605 e. The third-order valence-electron chi connectivity index (χ3n) is 2.56. The molecule has 0 amide bonds. The predicted octanol–water partition coefficient (Wildman–Crippen LogP) is 2.79. The monoisotopic (exact) mass is 219 g/mol. The molecule has 78 valence electrons.